The molecule has 3 rings (SSSR count). The van der Waals surface area contributed by atoms with Gasteiger partial charge in [-0.15, -0.1) is 0 Å². The molecular weight excluding hydrogens is 322 g/mol. The number of nitrogens with one attached hydrogen (secondary N) is 1. The molecule has 4 nitrogen and oxygen atoms in total. The molecular formula is C19H14ClN3O. The molecule has 0 saturated heterocycles. The first-order valence-electron chi connectivity index (χ1n) is 7.39. The number of halogens is 1. The maximum atomic E-state index is 9.51. The average Bonchev–Trinajstić information content (AvgIpc) is 3.04. The molecule has 1 aliphatic rings. The van der Waals surface area contributed by atoms with E-state index in [0.29, 0.717) is 27.7 Å². The maximum Gasteiger partial charge on any atom is 0.134 e. The van der Waals surface area contributed by atoms with Crippen molar-refractivity contribution >= 4 is 11.6 Å². The highest BCUT2D eigenvalue weighted by atomic mass is 35.5. The van der Waals surface area contributed by atoms with Crippen molar-refractivity contribution in [2.75, 3.05) is 0 Å². The van der Waals surface area contributed by atoms with Gasteiger partial charge in [0.25, 0.3) is 0 Å². The molecule has 0 bridgehead atoms. The van der Waals surface area contributed by atoms with Crippen LogP contribution in [0.4, 0.5) is 0 Å². The third-order valence-electron chi connectivity index (χ3n) is 4.02. The Labute approximate surface area is 145 Å². The smallest absolute Gasteiger partial charge is 0.134 e. The quantitative estimate of drug-likeness (QED) is 0.848. The standard InChI is InChI=1S/C19H14ClN3O/c1-11-15(9-21)19(16(10-22)12(2)23-11)18-7-6-17(24-18)13-4-3-5-14(20)8-13/h3-8,19,23H,1-2H3. The minimum absolute atomic E-state index is 0.490. The molecule has 1 N–H and O–H groups in total. The molecule has 2 aromatic rings. The van der Waals surface area contributed by atoms with Crippen molar-refractivity contribution in [1.82, 2.24) is 5.32 Å². The molecule has 1 aliphatic heterocycles. The summed E-state index contributed by atoms with van der Waals surface area (Å²) in [5, 5.41) is 22.7. The fourth-order valence-corrected chi connectivity index (χ4v) is 3.07. The van der Waals surface area contributed by atoms with Crippen LogP contribution in [0, 0.1) is 22.7 Å². The van der Waals surface area contributed by atoms with Crippen molar-refractivity contribution in [3.05, 3.63) is 69.7 Å². The van der Waals surface area contributed by atoms with E-state index in [0.717, 1.165) is 17.0 Å². The van der Waals surface area contributed by atoms with Crippen LogP contribution in [0.5, 0.6) is 0 Å². The van der Waals surface area contributed by atoms with E-state index in [1.54, 1.807) is 6.07 Å². The SMILES string of the molecule is CC1=C(C#N)C(c2ccc(-c3cccc(Cl)c3)o2)C(C#N)=C(C)N1. The molecule has 0 fully saturated rings. The van der Waals surface area contributed by atoms with Crippen LogP contribution in [0.15, 0.2) is 63.4 Å². The van der Waals surface area contributed by atoms with Crippen molar-refractivity contribution in [1.29, 1.82) is 10.5 Å². The zero-order valence-electron chi connectivity index (χ0n) is 13.2. The zero-order valence-corrected chi connectivity index (χ0v) is 14.0. The minimum Gasteiger partial charge on any atom is -0.460 e. The van der Waals surface area contributed by atoms with Gasteiger partial charge >= 0.3 is 0 Å². The molecule has 2 heterocycles. The highest BCUT2D eigenvalue weighted by molar-refractivity contribution is 6.30. The van der Waals surface area contributed by atoms with E-state index < -0.39 is 5.92 Å². The van der Waals surface area contributed by atoms with Crippen molar-refractivity contribution in [2.45, 2.75) is 19.8 Å². The van der Waals surface area contributed by atoms with Crippen molar-refractivity contribution in [3.63, 3.8) is 0 Å². The van der Waals surface area contributed by atoms with E-state index in [1.165, 1.54) is 0 Å². The van der Waals surface area contributed by atoms with Crippen molar-refractivity contribution in [2.24, 2.45) is 0 Å². The van der Waals surface area contributed by atoms with Crippen LogP contribution >= 0.6 is 11.6 Å². The lowest BCUT2D eigenvalue weighted by Gasteiger charge is -2.24. The summed E-state index contributed by atoms with van der Waals surface area (Å²) in [6.07, 6.45) is 0. The van der Waals surface area contributed by atoms with Crippen LogP contribution in [0.3, 0.4) is 0 Å². The highest BCUT2D eigenvalue weighted by Gasteiger charge is 2.31. The fourth-order valence-electron chi connectivity index (χ4n) is 2.88. The third-order valence-corrected chi connectivity index (χ3v) is 4.26. The monoisotopic (exact) mass is 335 g/mol. The molecule has 0 atom stereocenters. The van der Waals surface area contributed by atoms with E-state index >= 15 is 0 Å². The van der Waals surface area contributed by atoms with Crippen LogP contribution in [0.25, 0.3) is 11.3 Å². The number of nitriles is 2. The van der Waals surface area contributed by atoms with Gasteiger partial charge in [0.2, 0.25) is 0 Å². The lowest BCUT2D eigenvalue weighted by atomic mass is 9.85. The average molecular weight is 336 g/mol. The van der Waals surface area contributed by atoms with Crippen LogP contribution in [0.2, 0.25) is 5.02 Å². The number of hydrogen-bond donors (Lipinski definition) is 1. The molecule has 118 valence electrons. The second-order valence-corrected chi connectivity index (χ2v) is 6.01. The predicted octanol–water partition coefficient (Wildman–Crippen LogP) is 4.88. The summed E-state index contributed by atoms with van der Waals surface area (Å²) >= 11 is 6.03. The number of dihydropyridines is 1. The number of furan rings is 1. The van der Waals surface area contributed by atoms with Crippen molar-refractivity contribution < 1.29 is 4.42 Å². The molecule has 24 heavy (non-hydrogen) atoms. The van der Waals surface area contributed by atoms with Gasteiger partial charge in [-0.1, -0.05) is 23.7 Å². The second kappa shape index (κ2) is 6.28. The summed E-state index contributed by atoms with van der Waals surface area (Å²) in [5.74, 6) is 0.725. The largest absolute Gasteiger partial charge is 0.460 e. The van der Waals surface area contributed by atoms with Crippen LogP contribution < -0.4 is 5.32 Å². The summed E-state index contributed by atoms with van der Waals surface area (Å²) in [4.78, 5) is 0. The van der Waals surface area contributed by atoms with Gasteiger partial charge in [0.15, 0.2) is 0 Å². The predicted molar refractivity (Wildman–Crippen MR) is 91.7 cm³/mol. The zero-order chi connectivity index (χ0) is 17.3. The number of nitrogens with zero attached hydrogens (tertiary/aromatic N) is 2. The highest BCUT2D eigenvalue weighted by Crippen LogP contribution is 2.39. The third kappa shape index (κ3) is 2.69. The minimum atomic E-state index is -0.491. The van der Waals surface area contributed by atoms with E-state index in [1.807, 2.05) is 44.2 Å². The van der Waals surface area contributed by atoms with Crippen LogP contribution in [-0.4, -0.2) is 0 Å². The second-order valence-electron chi connectivity index (χ2n) is 5.57. The molecule has 0 spiro atoms. The van der Waals surface area contributed by atoms with Gasteiger partial charge in [0.05, 0.1) is 29.2 Å². The van der Waals surface area contributed by atoms with E-state index in [-0.39, 0.29) is 0 Å². The van der Waals surface area contributed by atoms with E-state index in [9.17, 15) is 10.5 Å². The molecule has 0 aliphatic carbocycles. The summed E-state index contributed by atoms with van der Waals surface area (Å²) in [6, 6.07) is 15.4. The van der Waals surface area contributed by atoms with E-state index in [2.05, 4.69) is 17.5 Å². The maximum absolute atomic E-state index is 9.51. The Hall–Kier alpha value is -2.95. The van der Waals surface area contributed by atoms with Gasteiger partial charge in [-0.05, 0) is 38.1 Å². The van der Waals surface area contributed by atoms with Gasteiger partial charge in [-0.3, -0.25) is 0 Å². The van der Waals surface area contributed by atoms with Crippen molar-refractivity contribution in [3.8, 4) is 23.5 Å². The molecule has 0 amide bonds. The summed E-state index contributed by atoms with van der Waals surface area (Å²) in [5.41, 5.74) is 3.30. The lowest BCUT2D eigenvalue weighted by molar-refractivity contribution is 0.511. The Balaban J connectivity index is 2.09. The topological polar surface area (TPSA) is 72.8 Å². The van der Waals surface area contributed by atoms with E-state index in [4.69, 9.17) is 16.0 Å². The molecule has 1 aromatic heterocycles. The molecule has 0 unspecified atom stereocenters. The van der Waals surface area contributed by atoms with Gasteiger partial charge in [-0.2, -0.15) is 10.5 Å². The Morgan fingerprint density at radius 2 is 1.71 bits per heavy atom. The van der Waals surface area contributed by atoms with Gasteiger partial charge in [0.1, 0.15) is 11.5 Å². The van der Waals surface area contributed by atoms with Gasteiger partial charge < -0.3 is 9.73 Å². The Morgan fingerprint density at radius 3 is 2.29 bits per heavy atom. The molecule has 0 radical (unpaired) electrons. The summed E-state index contributed by atoms with van der Waals surface area (Å²) in [6.45, 7) is 3.65. The van der Waals surface area contributed by atoms with Crippen LogP contribution in [0.1, 0.15) is 25.5 Å². The fraction of sp³-hybridized carbons (Fsp3) is 0.158. The number of rotatable bonds is 2. The van der Waals surface area contributed by atoms with Crippen LogP contribution in [-0.2, 0) is 0 Å². The summed E-state index contributed by atoms with van der Waals surface area (Å²) in [7, 11) is 0. The first-order chi connectivity index (χ1) is 11.5. The van der Waals surface area contributed by atoms with Gasteiger partial charge in [-0.25, -0.2) is 0 Å². The number of hydrogen-bond acceptors (Lipinski definition) is 4. The molecule has 5 heteroatoms. The van der Waals surface area contributed by atoms with Gasteiger partial charge in [0, 0.05) is 22.0 Å². The number of benzene rings is 1. The first-order valence-corrected chi connectivity index (χ1v) is 7.77. The molecule has 1 aromatic carbocycles. The Kier molecular flexibility index (Phi) is 4.16. The first kappa shape index (κ1) is 15.9. The Bertz CT molecular complexity index is 917. The lowest BCUT2D eigenvalue weighted by Crippen LogP contribution is -2.23. The normalized spacial score (nSPS) is 15.0. The molecule has 0 saturated carbocycles. The summed E-state index contributed by atoms with van der Waals surface area (Å²) < 4.78 is 5.97. The number of allylic oxidation sites excluding steroid dienone is 4. The Morgan fingerprint density at radius 1 is 1.04 bits per heavy atom.